The maximum atomic E-state index is 12.9. The smallest absolute Gasteiger partial charge is 0.253 e. The van der Waals surface area contributed by atoms with Crippen LogP contribution in [0.5, 0.6) is 0 Å². The van der Waals surface area contributed by atoms with Crippen LogP contribution in [-0.2, 0) is 0 Å². The summed E-state index contributed by atoms with van der Waals surface area (Å²) in [6.45, 7) is 1.96. The second-order valence-electron chi connectivity index (χ2n) is 3.61. The molecule has 1 amide bonds. The molecular formula is C11H14FN3OS. The monoisotopic (exact) mass is 255 g/mol. The number of hydrogen-bond donors (Lipinski definition) is 2. The van der Waals surface area contributed by atoms with Crippen LogP contribution in [0.3, 0.4) is 0 Å². The Bertz CT molecular complexity index is 425. The van der Waals surface area contributed by atoms with E-state index in [1.54, 1.807) is 0 Å². The standard InChI is InChI=1S/C11H14FN3OS/c1-2-3-9(10(13)17)15-11(16)7-4-8(12)6-14-5-7/h4-6,9H,2-3H2,1H3,(H2,13,17)(H,15,16). The number of carbonyl (C=O) groups is 1. The summed E-state index contributed by atoms with van der Waals surface area (Å²) in [4.78, 5) is 15.6. The van der Waals surface area contributed by atoms with Crippen LogP contribution in [0.2, 0.25) is 0 Å². The fourth-order valence-corrected chi connectivity index (χ4v) is 1.53. The number of hydrogen-bond acceptors (Lipinski definition) is 3. The van der Waals surface area contributed by atoms with Gasteiger partial charge in [-0.05, 0) is 12.5 Å². The van der Waals surface area contributed by atoms with Crippen molar-refractivity contribution in [2.75, 3.05) is 0 Å². The van der Waals surface area contributed by atoms with E-state index in [1.807, 2.05) is 6.92 Å². The van der Waals surface area contributed by atoms with E-state index >= 15 is 0 Å². The van der Waals surface area contributed by atoms with E-state index in [2.05, 4.69) is 10.3 Å². The van der Waals surface area contributed by atoms with Crippen molar-refractivity contribution in [2.45, 2.75) is 25.8 Å². The van der Waals surface area contributed by atoms with Gasteiger partial charge < -0.3 is 11.1 Å². The lowest BCUT2D eigenvalue weighted by Crippen LogP contribution is -2.43. The second kappa shape index (κ2) is 6.24. The van der Waals surface area contributed by atoms with Gasteiger partial charge in [0, 0.05) is 6.20 Å². The van der Waals surface area contributed by atoms with Gasteiger partial charge >= 0.3 is 0 Å². The summed E-state index contributed by atoms with van der Waals surface area (Å²) < 4.78 is 12.9. The van der Waals surface area contributed by atoms with Crippen molar-refractivity contribution in [3.63, 3.8) is 0 Å². The van der Waals surface area contributed by atoms with Crippen molar-refractivity contribution < 1.29 is 9.18 Å². The van der Waals surface area contributed by atoms with Gasteiger partial charge in [0.25, 0.3) is 5.91 Å². The molecule has 0 saturated carbocycles. The van der Waals surface area contributed by atoms with Crippen LogP contribution in [-0.4, -0.2) is 21.9 Å². The lowest BCUT2D eigenvalue weighted by molar-refractivity contribution is 0.0945. The van der Waals surface area contributed by atoms with Crippen LogP contribution in [0, 0.1) is 5.82 Å². The molecular weight excluding hydrogens is 241 g/mol. The molecule has 1 heterocycles. The zero-order valence-electron chi connectivity index (χ0n) is 9.44. The van der Waals surface area contributed by atoms with E-state index in [-0.39, 0.29) is 16.6 Å². The summed E-state index contributed by atoms with van der Waals surface area (Å²) >= 11 is 4.85. The lowest BCUT2D eigenvalue weighted by atomic mass is 10.1. The first-order valence-electron chi connectivity index (χ1n) is 5.25. The molecule has 6 heteroatoms. The summed E-state index contributed by atoms with van der Waals surface area (Å²) in [5, 5.41) is 2.65. The molecule has 17 heavy (non-hydrogen) atoms. The average molecular weight is 255 g/mol. The molecule has 1 aromatic rings. The highest BCUT2D eigenvalue weighted by Crippen LogP contribution is 2.03. The Kier molecular flexibility index (Phi) is 4.96. The third-order valence-corrected chi connectivity index (χ3v) is 2.48. The Morgan fingerprint density at radius 3 is 2.88 bits per heavy atom. The summed E-state index contributed by atoms with van der Waals surface area (Å²) in [6, 6.07) is 0.746. The van der Waals surface area contributed by atoms with Crippen molar-refractivity contribution >= 4 is 23.1 Å². The van der Waals surface area contributed by atoms with Crippen LogP contribution in [0.4, 0.5) is 4.39 Å². The first kappa shape index (κ1) is 13.5. The number of amides is 1. The van der Waals surface area contributed by atoms with Crippen molar-refractivity contribution in [3.05, 3.63) is 29.8 Å². The number of nitrogens with zero attached hydrogens (tertiary/aromatic N) is 1. The molecule has 4 nitrogen and oxygen atoms in total. The fourth-order valence-electron chi connectivity index (χ4n) is 1.35. The first-order chi connectivity index (χ1) is 8.04. The maximum absolute atomic E-state index is 12.9. The predicted octanol–water partition coefficient (Wildman–Crippen LogP) is 1.41. The Morgan fingerprint density at radius 1 is 1.65 bits per heavy atom. The van der Waals surface area contributed by atoms with E-state index in [1.165, 1.54) is 6.20 Å². The van der Waals surface area contributed by atoms with Gasteiger partial charge in [-0.2, -0.15) is 0 Å². The number of nitrogens with two attached hydrogens (primary N) is 1. The van der Waals surface area contributed by atoms with Crippen molar-refractivity contribution in [3.8, 4) is 0 Å². The fraction of sp³-hybridized carbons (Fsp3) is 0.364. The molecule has 0 fully saturated rings. The summed E-state index contributed by atoms with van der Waals surface area (Å²) in [5.74, 6) is -0.983. The lowest BCUT2D eigenvalue weighted by Gasteiger charge is -2.16. The minimum absolute atomic E-state index is 0.155. The Morgan fingerprint density at radius 2 is 2.35 bits per heavy atom. The number of nitrogens with one attached hydrogen (secondary N) is 1. The second-order valence-corrected chi connectivity index (χ2v) is 4.08. The molecule has 0 aliphatic carbocycles. The number of aromatic nitrogens is 1. The van der Waals surface area contributed by atoms with Gasteiger partial charge in [-0.25, -0.2) is 4.39 Å². The third-order valence-electron chi connectivity index (χ3n) is 2.19. The number of halogens is 1. The molecule has 0 aliphatic rings. The van der Waals surface area contributed by atoms with E-state index < -0.39 is 11.7 Å². The molecule has 0 aromatic carbocycles. The van der Waals surface area contributed by atoms with Crippen molar-refractivity contribution in [1.82, 2.24) is 10.3 Å². The first-order valence-corrected chi connectivity index (χ1v) is 5.66. The van der Waals surface area contributed by atoms with Gasteiger partial charge in [-0.3, -0.25) is 9.78 Å². The molecule has 0 aliphatic heterocycles. The van der Waals surface area contributed by atoms with E-state index in [0.717, 1.165) is 18.7 Å². The molecule has 0 spiro atoms. The molecule has 1 rings (SSSR count). The van der Waals surface area contributed by atoms with Gasteiger partial charge in [-0.1, -0.05) is 25.6 Å². The zero-order chi connectivity index (χ0) is 12.8. The van der Waals surface area contributed by atoms with Gasteiger partial charge in [-0.15, -0.1) is 0 Å². The summed E-state index contributed by atoms with van der Waals surface area (Å²) in [5.41, 5.74) is 5.66. The molecule has 1 unspecified atom stereocenters. The van der Waals surface area contributed by atoms with Gasteiger partial charge in [0.05, 0.1) is 22.8 Å². The van der Waals surface area contributed by atoms with Crippen LogP contribution in [0.25, 0.3) is 0 Å². The predicted molar refractivity (Wildman–Crippen MR) is 67.1 cm³/mol. The minimum atomic E-state index is -0.556. The molecule has 1 aromatic heterocycles. The van der Waals surface area contributed by atoms with Crippen LogP contribution in [0.1, 0.15) is 30.1 Å². The van der Waals surface area contributed by atoms with Crippen molar-refractivity contribution in [2.24, 2.45) is 5.73 Å². The quantitative estimate of drug-likeness (QED) is 0.780. The highest BCUT2D eigenvalue weighted by Gasteiger charge is 2.15. The molecule has 1 atom stereocenters. The molecule has 0 saturated heterocycles. The van der Waals surface area contributed by atoms with Gasteiger partial charge in [0.2, 0.25) is 0 Å². The largest absolute Gasteiger partial charge is 0.392 e. The number of carbonyl (C=O) groups excluding carboxylic acids is 1. The Labute approximate surface area is 104 Å². The Hall–Kier alpha value is -1.56. The normalized spacial score (nSPS) is 11.9. The summed E-state index contributed by atoms with van der Waals surface area (Å²) in [6.07, 6.45) is 3.82. The van der Waals surface area contributed by atoms with Crippen LogP contribution in [0.15, 0.2) is 18.5 Å². The molecule has 92 valence electrons. The van der Waals surface area contributed by atoms with Crippen LogP contribution < -0.4 is 11.1 Å². The van der Waals surface area contributed by atoms with Crippen LogP contribution >= 0.6 is 12.2 Å². The zero-order valence-corrected chi connectivity index (χ0v) is 10.3. The number of thiocarbonyl (C=S) groups is 1. The van der Waals surface area contributed by atoms with E-state index in [0.29, 0.717) is 6.42 Å². The highest BCUT2D eigenvalue weighted by atomic mass is 32.1. The molecule has 3 N–H and O–H groups in total. The van der Waals surface area contributed by atoms with E-state index in [9.17, 15) is 9.18 Å². The third kappa shape index (κ3) is 4.07. The SMILES string of the molecule is CCCC(NC(=O)c1cncc(F)c1)C(N)=S. The van der Waals surface area contributed by atoms with E-state index in [4.69, 9.17) is 18.0 Å². The van der Waals surface area contributed by atoms with Gasteiger partial charge in [0.1, 0.15) is 5.82 Å². The topological polar surface area (TPSA) is 68.0 Å². The Balaban J connectivity index is 2.73. The van der Waals surface area contributed by atoms with Gasteiger partial charge in [0.15, 0.2) is 0 Å². The molecule has 0 bridgehead atoms. The number of pyridine rings is 1. The van der Waals surface area contributed by atoms with Crippen molar-refractivity contribution in [1.29, 1.82) is 0 Å². The minimum Gasteiger partial charge on any atom is -0.392 e. The number of rotatable bonds is 5. The maximum Gasteiger partial charge on any atom is 0.253 e. The average Bonchev–Trinajstić information content (AvgIpc) is 2.28. The summed E-state index contributed by atoms with van der Waals surface area (Å²) in [7, 11) is 0. The highest BCUT2D eigenvalue weighted by molar-refractivity contribution is 7.80. The molecule has 0 radical (unpaired) electrons.